The first-order valence-electron chi connectivity index (χ1n) is 11.6. The molecule has 1 aliphatic carbocycles. The Labute approximate surface area is 205 Å². The van der Waals surface area contributed by atoms with Gasteiger partial charge in [-0.3, -0.25) is 9.69 Å². The number of halogens is 2. The summed E-state index contributed by atoms with van der Waals surface area (Å²) in [5.74, 6) is 0.923. The summed E-state index contributed by atoms with van der Waals surface area (Å²) in [7, 11) is 0. The standard InChI is InChI=1S/C24H32Cl2N6O/c1-23(2,3)21(9-7-18-6-8-19(25)16-20(18)26)32-22(27-28-29-32)24(10-4-5-11-24)31-14-12-30(17-33)13-15-31/h6-9,16-17,21H,4-5,10-15H2,1-3H3. The van der Waals surface area contributed by atoms with Crippen LogP contribution < -0.4 is 0 Å². The summed E-state index contributed by atoms with van der Waals surface area (Å²) < 4.78 is 2.01. The molecule has 1 aliphatic heterocycles. The molecule has 4 rings (SSSR count). The Morgan fingerprint density at radius 1 is 1.09 bits per heavy atom. The Kier molecular flexibility index (Phi) is 7.12. The third-order valence-electron chi connectivity index (χ3n) is 6.98. The van der Waals surface area contributed by atoms with E-state index in [9.17, 15) is 4.79 Å². The lowest BCUT2D eigenvalue weighted by atomic mass is 9.85. The molecule has 0 radical (unpaired) electrons. The van der Waals surface area contributed by atoms with Gasteiger partial charge in [0.2, 0.25) is 6.41 Å². The van der Waals surface area contributed by atoms with Crippen LogP contribution in [0.4, 0.5) is 0 Å². The molecule has 1 saturated carbocycles. The van der Waals surface area contributed by atoms with Crippen molar-refractivity contribution in [1.82, 2.24) is 30.0 Å². The van der Waals surface area contributed by atoms with E-state index < -0.39 is 0 Å². The zero-order valence-corrected chi connectivity index (χ0v) is 21.1. The van der Waals surface area contributed by atoms with Crippen molar-refractivity contribution in [3.8, 4) is 0 Å². The van der Waals surface area contributed by atoms with E-state index in [1.165, 1.54) is 0 Å². The molecule has 178 valence electrons. The Balaban J connectivity index is 1.70. The second-order valence-electron chi connectivity index (χ2n) is 10.1. The number of carbonyl (C=O) groups is 1. The number of amides is 1. The summed E-state index contributed by atoms with van der Waals surface area (Å²) in [5, 5.41) is 14.5. The van der Waals surface area contributed by atoms with E-state index >= 15 is 0 Å². The highest BCUT2D eigenvalue weighted by atomic mass is 35.5. The van der Waals surface area contributed by atoms with Crippen molar-refractivity contribution >= 4 is 35.7 Å². The predicted octanol–water partition coefficient (Wildman–Crippen LogP) is 4.82. The first kappa shape index (κ1) is 24.2. The quantitative estimate of drug-likeness (QED) is 0.542. The lowest BCUT2D eigenvalue weighted by Gasteiger charge is -2.45. The van der Waals surface area contributed by atoms with E-state index in [4.69, 9.17) is 23.2 Å². The number of aromatic nitrogens is 4. The van der Waals surface area contributed by atoms with Gasteiger partial charge in [0.25, 0.3) is 0 Å². The summed E-state index contributed by atoms with van der Waals surface area (Å²) in [6, 6.07) is 5.45. The fraction of sp³-hybridized carbons (Fsp3) is 0.583. The van der Waals surface area contributed by atoms with Crippen molar-refractivity contribution in [3.05, 3.63) is 45.7 Å². The maximum absolute atomic E-state index is 11.2. The largest absolute Gasteiger partial charge is 0.343 e. The first-order chi connectivity index (χ1) is 15.7. The number of hydrogen-bond donors (Lipinski definition) is 0. The van der Waals surface area contributed by atoms with Crippen LogP contribution in [0.2, 0.25) is 10.0 Å². The molecule has 1 amide bonds. The Bertz CT molecular complexity index is 1000. The molecule has 0 spiro atoms. The summed E-state index contributed by atoms with van der Waals surface area (Å²) in [4.78, 5) is 15.6. The van der Waals surface area contributed by atoms with Crippen molar-refractivity contribution in [1.29, 1.82) is 0 Å². The minimum absolute atomic E-state index is 0.0667. The average Bonchev–Trinajstić information content (AvgIpc) is 3.45. The van der Waals surface area contributed by atoms with Crippen molar-refractivity contribution in [2.24, 2.45) is 5.41 Å². The smallest absolute Gasteiger partial charge is 0.209 e. The molecule has 2 heterocycles. The monoisotopic (exact) mass is 490 g/mol. The second-order valence-corrected chi connectivity index (χ2v) is 11.0. The minimum atomic E-state index is -0.201. The molecule has 1 aromatic carbocycles. The number of rotatable bonds is 6. The van der Waals surface area contributed by atoms with E-state index in [1.54, 1.807) is 6.07 Å². The molecular formula is C24H32Cl2N6O. The Hall–Kier alpha value is -1.96. The van der Waals surface area contributed by atoms with Gasteiger partial charge >= 0.3 is 0 Å². The molecule has 2 aliphatic rings. The number of allylic oxidation sites excluding steroid dienone is 1. The topological polar surface area (TPSA) is 67.2 Å². The molecule has 1 saturated heterocycles. The van der Waals surface area contributed by atoms with Crippen molar-refractivity contribution in [2.75, 3.05) is 26.2 Å². The molecule has 0 N–H and O–H groups in total. The van der Waals surface area contributed by atoms with E-state index in [0.29, 0.717) is 10.0 Å². The van der Waals surface area contributed by atoms with Crippen LogP contribution in [0.3, 0.4) is 0 Å². The average molecular weight is 491 g/mol. The van der Waals surface area contributed by atoms with Crippen LogP contribution in [0.25, 0.3) is 6.08 Å². The van der Waals surface area contributed by atoms with E-state index in [2.05, 4.69) is 47.3 Å². The molecule has 9 heteroatoms. The molecule has 1 aromatic heterocycles. The first-order valence-corrected chi connectivity index (χ1v) is 12.4. The second kappa shape index (κ2) is 9.72. The maximum Gasteiger partial charge on any atom is 0.209 e. The zero-order chi connectivity index (χ0) is 23.6. The zero-order valence-electron chi connectivity index (χ0n) is 19.5. The number of nitrogens with zero attached hydrogens (tertiary/aromatic N) is 6. The van der Waals surface area contributed by atoms with Gasteiger partial charge in [-0.2, -0.15) is 0 Å². The van der Waals surface area contributed by atoms with Crippen LogP contribution in [0.15, 0.2) is 24.3 Å². The van der Waals surface area contributed by atoms with Gasteiger partial charge in [0.05, 0.1) is 11.6 Å². The van der Waals surface area contributed by atoms with Gasteiger partial charge in [-0.25, -0.2) is 4.68 Å². The summed E-state index contributed by atoms with van der Waals surface area (Å²) in [6.45, 7) is 9.74. The Morgan fingerprint density at radius 3 is 2.39 bits per heavy atom. The highest BCUT2D eigenvalue weighted by molar-refractivity contribution is 6.35. The molecule has 1 atom stereocenters. The Morgan fingerprint density at radius 2 is 1.79 bits per heavy atom. The van der Waals surface area contributed by atoms with Gasteiger partial charge < -0.3 is 4.90 Å². The number of carbonyl (C=O) groups excluding carboxylic acids is 1. The minimum Gasteiger partial charge on any atom is -0.343 e. The molecule has 0 bridgehead atoms. The van der Waals surface area contributed by atoms with Gasteiger partial charge in [-0.15, -0.1) is 5.10 Å². The van der Waals surface area contributed by atoms with Crippen LogP contribution in [0, 0.1) is 5.41 Å². The normalized spacial score (nSPS) is 20.5. The van der Waals surface area contributed by atoms with Crippen LogP contribution >= 0.6 is 23.2 Å². The van der Waals surface area contributed by atoms with E-state index in [1.807, 2.05) is 27.8 Å². The maximum atomic E-state index is 11.2. The van der Waals surface area contributed by atoms with Gasteiger partial charge in [0.1, 0.15) is 0 Å². The van der Waals surface area contributed by atoms with E-state index in [-0.39, 0.29) is 17.0 Å². The van der Waals surface area contributed by atoms with Crippen LogP contribution in [0.1, 0.15) is 63.9 Å². The third-order valence-corrected chi connectivity index (χ3v) is 7.54. The van der Waals surface area contributed by atoms with Gasteiger partial charge in [-0.05, 0) is 46.4 Å². The number of tetrazole rings is 1. The molecule has 1 unspecified atom stereocenters. The molecule has 33 heavy (non-hydrogen) atoms. The van der Waals surface area contributed by atoms with Crippen LogP contribution in [-0.2, 0) is 10.3 Å². The number of piperazine rings is 1. The lowest BCUT2D eigenvalue weighted by molar-refractivity contribution is -0.121. The van der Waals surface area contributed by atoms with Crippen LogP contribution in [0.5, 0.6) is 0 Å². The lowest BCUT2D eigenvalue weighted by Crippen LogP contribution is -2.55. The van der Waals surface area contributed by atoms with Crippen molar-refractivity contribution < 1.29 is 4.79 Å². The highest BCUT2D eigenvalue weighted by Crippen LogP contribution is 2.45. The summed E-state index contributed by atoms with van der Waals surface area (Å²) in [6.07, 6.45) is 9.47. The van der Waals surface area contributed by atoms with Crippen molar-refractivity contribution in [2.45, 2.75) is 58.0 Å². The highest BCUT2D eigenvalue weighted by Gasteiger charge is 2.47. The fourth-order valence-corrected chi connectivity index (χ4v) is 5.62. The number of benzene rings is 1. The predicted molar refractivity (Wildman–Crippen MR) is 131 cm³/mol. The number of hydrogen-bond acceptors (Lipinski definition) is 5. The third kappa shape index (κ3) is 4.96. The fourth-order valence-electron chi connectivity index (χ4n) is 5.15. The van der Waals surface area contributed by atoms with Crippen LogP contribution in [-0.4, -0.2) is 62.6 Å². The molecule has 2 fully saturated rings. The molecular weight excluding hydrogens is 459 g/mol. The molecule has 2 aromatic rings. The van der Waals surface area contributed by atoms with Gasteiger partial charge in [-0.1, -0.05) is 75.0 Å². The van der Waals surface area contributed by atoms with Gasteiger partial charge in [0.15, 0.2) is 5.82 Å². The van der Waals surface area contributed by atoms with Crippen molar-refractivity contribution in [3.63, 3.8) is 0 Å². The van der Waals surface area contributed by atoms with Gasteiger partial charge in [0, 0.05) is 36.2 Å². The van der Waals surface area contributed by atoms with E-state index in [0.717, 1.165) is 69.7 Å². The summed E-state index contributed by atoms with van der Waals surface area (Å²) >= 11 is 12.5. The SMILES string of the molecule is CC(C)(C)C(C=Cc1ccc(Cl)cc1Cl)n1nnnc1C1(N2CCN(C=O)CC2)CCCC1. The summed E-state index contributed by atoms with van der Waals surface area (Å²) in [5.41, 5.74) is 0.578. The molecule has 7 nitrogen and oxygen atoms in total.